The zero-order valence-corrected chi connectivity index (χ0v) is 11.2. The first kappa shape index (κ1) is 13.3. The number of carbonyl (C=O) groups excluding carboxylic acids is 1. The smallest absolute Gasteiger partial charge is 0.130 e. The van der Waals surface area contributed by atoms with E-state index in [4.69, 9.17) is 0 Å². The van der Waals surface area contributed by atoms with E-state index in [0.29, 0.717) is 6.42 Å². The lowest BCUT2D eigenvalue weighted by Gasteiger charge is -2.25. The zero-order valence-electron chi connectivity index (χ0n) is 11.2. The molecule has 0 radical (unpaired) electrons. The van der Waals surface area contributed by atoms with Crippen LogP contribution in [-0.4, -0.2) is 6.29 Å². The first-order valence-electron chi connectivity index (χ1n) is 6.41. The predicted molar refractivity (Wildman–Crippen MR) is 80.0 cm³/mol. The van der Waals surface area contributed by atoms with Crippen LogP contribution in [0.2, 0.25) is 0 Å². The van der Waals surface area contributed by atoms with Gasteiger partial charge < -0.3 is 4.79 Å². The van der Waals surface area contributed by atoms with E-state index < -0.39 is 5.41 Å². The quantitative estimate of drug-likeness (QED) is 0.725. The van der Waals surface area contributed by atoms with Gasteiger partial charge in [0, 0.05) is 0 Å². The van der Waals surface area contributed by atoms with Gasteiger partial charge in [-0.1, -0.05) is 67.2 Å². The summed E-state index contributed by atoms with van der Waals surface area (Å²) in [6.07, 6.45) is 1.65. The van der Waals surface area contributed by atoms with Crippen LogP contribution in [0, 0.1) is 0 Å². The highest BCUT2D eigenvalue weighted by atomic mass is 16.1. The predicted octanol–water partition coefficient (Wildman–Crippen LogP) is 4.25. The first-order valence-corrected chi connectivity index (χ1v) is 6.41. The minimum absolute atomic E-state index is 0.520. The van der Waals surface area contributed by atoms with Gasteiger partial charge in [-0.15, -0.1) is 0 Å². The van der Waals surface area contributed by atoms with Crippen molar-refractivity contribution >= 4 is 11.9 Å². The Morgan fingerprint density at radius 2 is 1.58 bits per heavy atom. The van der Waals surface area contributed by atoms with Gasteiger partial charge in [0.15, 0.2) is 0 Å². The molecular weight excluding hydrogens is 232 g/mol. The van der Waals surface area contributed by atoms with Crippen molar-refractivity contribution < 1.29 is 4.79 Å². The number of hydrogen-bond donors (Lipinski definition) is 0. The minimum atomic E-state index is -0.520. The van der Waals surface area contributed by atoms with Crippen molar-refractivity contribution in [3.63, 3.8) is 0 Å². The summed E-state index contributed by atoms with van der Waals surface area (Å²) in [6, 6.07) is 19.9. The molecule has 0 N–H and O–H groups in total. The Bertz CT molecular complexity index is 557. The Kier molecular flexibility index (Phi) is 3.96. The number of benzene rings is 2. The van der Waals surface area contributed by atoms with Gasteiger partial charge in [0.2, 0.25) is 0 Å². The van der Waals surface area contributed by atoms with Gasteiger partial charge in [0.1, 0.15) is 6.29 Å². The molecule has 1 atom stereocenters. The highest BCUT2D eigenvalue weighted by Crippen LogP contribution is 2.32. The molecule has 0 heterocycles. The summed E-state index contributed by atoms with van der Waals surface area (Å²) in [5.74, 6) is 0. The molecule has 0 unspecified atom stereocenters. The van der Waals surface area contributed by atoms with Gasteiger partial charge in [-0.25, -0.2) is 0 Å². The number of hydrogen-bond acceptors (Lipinski definition) is 1. The number of carbonyl (C=O) groups is 1. The molecule has 0 saturated heterocycles. The van der Waals surface area contributed by atoms with Crippen LogP contribution >= 0.6 is 0 Å². The zero-order chi connectivity index (χ0) is 13.7. The molecule has 0 aliphatic heterocycles. The lowest BCUT2D eigenvalue weighted by Crippen LogP contribution is -2.24. The van der Waals surface area contributed by atoms with Crippen molar-refractivity contribution in [1.29, 1.82) is 0 Å². The maximum Gasteiger partial charge on any atom is 0.130 e. The summed E-state index contributed by atoms with van der Waals surface area (Å²) in [4.78, 5) is 11.6. The largest absolute Gasteiger partial charge is 0.302 e. The van der Waals surface area contributed by atoms with Crippen LogP contribution in [0.25, 0.3) is 5.57 Å². The second-order valence-corrected chi connectivity index (χ2v) is 5.05. The Balaban J connectivity index is 2.25. The summed E-state index contributed by atoms with van der Waals surface area (Å²) >= 11 is 0. The second-order valence-electron chi connectivity index (χ2n) is 5.05. The van der Waals surface area contributed by atoms with Crippen LogP contribution in [0.3, 0.4) is 0 Å². The van der Waals surface area contributed by atoms with Crippen LogP contribution < -0.4 is 0 Å². The van der Waals surface area contributed by atoms with Crippen LogP contribution in [0.5, 0.6) is 0 Å². The molecule has 0 bridgehead atoms. The van der Waals surface area contributed by atoms with Gasteiger partial charge >= 0.3 is 0 Å². The molecule has 0 fully saturated rings. The van der Waals surface area contributed by atoms with Crippen molar-refractivity contribution in [2.45, 2.75) is 18.8 Å². The maximum absolute atomic E-state index is 11.6. The van der Waals surface area contributed by atoms with E-state index in [-0.39, 0.29) is 0 Å². The molecule has 96 valence electrons. The molecule has 0 aliphatic carbocycles. The van der Waals surface area contributed by atoms with Crippen LogP contribution in [0.4, 0.5) is 0 Å². The standard InChI is InChI=1S/C18H18O/c1-15(16-9-5-3-6-10-16)13-18(2,14-19)17-11-7-4-8-12-17/h3-12,14H,1,13H2,2H3/t18-/m1/s1. The van der Waals surface area contributed by atoms with E-state index in [1.54, 1.807) is 0 Å². The van der Waals surface area contributed by atoms with E-state index in [2.05, 4.69) is 6.58 Å². The van der Waals surface area contributed by atoms with Crippen LogP contribution in [0.1, 0.15) is 24.5 Å². The van der Waals surface area contributed by atoms with E-state index in [1.807, 2.05) is 67.6 Å². The Hall–Kier alpha value is -2.15. The average Bonchev–Trinajstić information content (AvgIpc) is 2.49. The molecule has 2 aromatic carbocycles. The molecule has 2 rings (SSSR count). The molecule has 0 aromatic heterocycles. The summed E-state index contributed by atoms with van der Waals surface area (Å²) in [7, 11) is 0. The maximum atomic E-state index is 11.6. The fourth-order valence-electron chi connectivity index (χ4n) is 2.25. The summed E-state index contributed by atoms with van der Waals surface area (Å²) in [6.45, 7) is 6.09. The minimum Gasteiger partial charge on any atom is -0.302 e. The van der Waals surface area contributed by atoms with E-state index in [9.17, 15) is 4.79 Å². The fourth-order valence-corrected chi connectivity index (χ4v) is 2.25. The summed E-state index contributed by atoms with van der Waals surface area (Å²) in [5, 5.41) is 0. The Labute approximate surface area is 114 Å². The third-order valence-corrected chi connectivity index (χ3v) is 3.46. The van der Waals surface area contributed by atoms with Crippen molar-refractivity contribution in [3.05, 3.63) is 78.4 Å². The summed E-state index contributed by atoms with van der Waals surface area (Å²) < 4.78 is 0. The van der Waals surface area contributed by atoms with Crippen LogP contribution in [0.15, 0.2) is 67.2 Å². The van der Waals surface area contributed by atoms with Crippen molar-refractivity contribution in [1.82, 2.24) is 0 Å². The molecule has 1 nitrogen and oxygen atoms in total. The third-order valence-electron chi connectivity index (χ3n) is 3.46. The molecule has 2 aromatic rings. The van der Waals surface area contributed by atoms with Gasteiger partial charge in [0.05, 0.1) is 5.41 Å². The average molecular weight is 250 g/mol. The van der Waals surface area contributed by atoms with Gasteiger partial charge in [-0.3, -0.25) is 0 Å². The highest BCUT2D eigenvalue weighted by molar-refractivity contribution is 5.75. The highest BCUT2D eigenvalue weighted by Gasteiger charge is 2.27. The SMILES string of the molecule is C=C(C[C@](C)(C=O)c1ccccc1)c1ccccc1. The Morgan fingerprint density at radius 3 is 2.11 bits per heavy atom. The normalized spacial score (nSPS) is 13.5. The lowest BCUT2D eigenvalue weighted by atomic mass is 9.77. The molecule has 0 aliphatic rings. The van der Waals surface area contributed by atoms with Gasteiger partial charge in [-0.05, 0) is 30.0 Å². The molecular formula is C18H18O. The van der Waals surface area contributed by atoms with E-state index in [1.165, 1.54) is 0 Å². The van der Waals surface area contributed by atoms with E-state index >= 15 is 0 Å². The first-order chi connectivity index (χ1) is 9.15. The van der Waals surface area contributed by atoms with Crippen molar-refractivity contribution in [2.75, 3.05) is 0 Å². The molecule has 0 saturated carbocycles. The number of rotatable bonds is 5. The van der Waals surface area contributed by atoms with Gasteiger partial charge in [0.25, 0.3) is 0 Å². The fraction of sp³-hybridized carbons (Fsp3) is 0.167. The van der Waals surface area contributed by atoms with Crippen LogP contribution in [-0.2, 0) is 10.2 Å². The molecule has 0 spiro atoms. The second kappa shape index (κ2) is 5.66. The lowest BCUT2D eigenvalue weighted by molar-refractivity contribution is -0.112. The molecule has 1 heteroatoms. The van der Waals surface area contributed by atoms with Crippen molar-refractivity contribution in [2.24, 2.45) is 0 Å². The third kappa shape index (κ3) is 3.00. The molecule has 19 heavy (non-hydrogen) atoms. The number of aldehydes is 1. The topological polar surface area (TPSA) is 17.1 Å². The van der Waals surface area contributed by atoms with Gasteiger partial charge in [-0.2, -0.15) is 0 Å². The van der Waals surface area contributed by atoms with E-state index in [0.717, 1.165) is 23.0 Å². The van der Waals surface area contributed by atoms with Crippen molar-refractivity contribution in [3.8, 4) is 0 Å². The monoisotopic (exact) mass is 250 g/mol. The Morgan fingerprint density at radius 1 is 1.05 bits per heavy atom. The number of allylic oxidation sites excluding steroid dienone is 1. The summed E-state index contributed by atoms with van der Waals surface area (Å²) in [5.41, 5.74) is 2.58. The molecule has 0 amide bonds.